The van der Waals surface area contributed by atoms with Crippen LogP contribution in [-0.4, -0.2) is 43.7 Å². The number of carbonyl (C=O) groups is 1. The van der Waals surface area contributed by atoms with Gasteiger partial charge >= 0.3 is 0 Å². The van der Waals surface area contributed by atoms with E-state index in [9.17, 15) is 4.79 Å². The molecular weight excluding hydrogens is 390 g/mol. The van der Waals surface area contributed by atoms with E-state index in [2.05, 4.69) is 43.6 Å². The van der Waals surface area contributed by atoms with Crippen LogP contribution in [0.25, 0.3) is 22.2 Å². The summed E-state index contributed by atoms with van der Waals surface area (Å²) >= 11 is 0. The minimum atomic E-state index is -0.344. The van der Waals surface area contributed by atoms with Crippen molar-refractivity contribution in [3.8, 4) is 11.3 Å². The van der Waals surface area contributed by atoms with Gasteiger partial charge in [0, 0.05) is 17.0 Å². The number of nitrogens with one attached hydrogen (secondary N) is 1. The number of hydrogen-bond donors (Lipinski definition) is 2. The summed E-state index contributed by atoms with van der Waals surface area (Å²) in [6.45, 7) is 0.837. The highest BCUT2D eigenvalue weighted by atomic mass is 16.1. The Morgan fingerprint density at radius 2 is 1.97 bits per heavy atom. The van der Waals surface area contributed by atoms with Gasteiger partial charge in [0.15, 0.2) is 5.82 Å². The van der Waals surface area contributed by atoms with Crippen LogP contribution in [0.15, 0.2) is 54.7 Å². The first kappa shape index (κ1) is 19.3. The molecule has 8 heteroatoms. The minimum Gasteiger partial charge on any atom is -0.368 e. The summed E-state index contributed by atoms with van der Waals surface area (Å²) < 4.78 is 1.84. The molecule has 8 nitrogen and oxygen atoms in total. The zero-order chi connectivity index (χ0) is 21.2. The van der Waals surface area contributed by atoms with Gasteiger partial charge in [0.2, 0.25) is 5.91 Å². The lowest BCUT2D eigenvalue weighted by atomic mass is 10.1. The maximum atomic E-state index is 11.8. The molecule has 2 heterocycles. The molecular formula is C23H25N7O. The van der Waals surface area contributed by atoms with Crippen LogP contribution in [0.3, 0.4) is 0 Å². The van der Waals surface area contributed by atoms with Gasteiger partial charge < -0.3 is 10.6 Å². The molecule has 1 aliphatic rings. The van der Waals surface area contributed by atoms with Crippen LogP contribution in [0.1, 0.15) is 31.2 Å². The van der Waals surface area contributed by atoms with Crippen molar-refractivity contribution in [1.82, 2.24) is 25.2 Å². The average molecular weight is 416 g/mol. The normalized spacial score (nSPS) is 14.3. The fourth-order valence-corrected chi connectivity index (χ4v) is 4.42. The van der Waals surface area contributed by atoms with Gasteiger partial charge in [0.05, 0.1) is 24.8 Å². The zero-order valence-corrected chi connectivity index (χ0v) is 17.2. The van der Waals surface area contributed by atoms with E-state index in [0.717, 1.165) is 53.7 Å². The lowest BCUT2D eigenvalue weighted by Gasteiger charge is -2.28. The van der Waals surface area contributed by atoms with Gasteiger partial charge in [0.1, 0.15) is 5.69 Å². The van der Waals surface area contributed by atoms with E-state index >= 15 is 0 Å². The molecule has 0 saturated heterocycles. The van der Waals surface area contributed by atoms with Crippen LogP contribution in [0.5, 0.6) is 0 Å². The number of aromatic amines is 1. The molecule has 1 saturated carbocycles. The van der Waals surface area contributed by atoms with Crippen LogP contribution in [-0.2, 0) is 11.3 Å². The summed E-state index contributed by atoms with van der Waals surface area (Å²) in [7, 11) is 0. The fourth-order valence-electron chi connectivity index (χ4n) is 4.42. The number of aromatic nitrogens is 5. The third-order valence-electron chi connectivity index (χ3n) is 5.93. The minimum absolute atomic E-state index is 0.169. The second kappa shape index (κ2) is 8.22. The number of primary amides is 1. The van der Waals surface area contributed by atoms with Crippen molar-refractivity contribution in [3.05, 3.63) is 60.3 Å². The highest BCUT2D eigenvalue weighted by Crippen LogP contribution is 2.33. The quantitative estimate of drug-likeness (QED) is 0.482. The number of benzene rings is 2. The van der Waals surface area contributed by atoms with E-state index in [4.69, 9.17) is 5.73 Å². The molecule has 1 amide bonds. The number of nitrogens with two attached hydrogens (primary N) is 1. The third kappa shape index (κ3) is 4.01. The van der Waals surface area contributed by atoms with E-state index < -0.39 is 0 Å². The molecule has 0 radical (unpaired) electrons. The Kier molecular flexibility index (Phi) is 5.11. The van der Waals surface area contributed by atoms with E-state index in [0.29, 0.717) is 6.54 Å². The van der Waals surface area contributed by atoms with Gasteiger partial charge in [-0.25, -0.2) is 4.68 Å². The first-order chi connectivity index (χ1) is 15.2. The topological polar surface area (TPSA) is 106 Å². The Hall–Kier alpha value is -3.68. The van der Waals surface area contributed by atoms with Gasteiger partial charge in [-0.2, -0.15) is 5.10 Å². The van der Waals surface area contributed by atoms with Crippen molar-refractivity contribution in [2.75, 3.05) is 11.4 Å². The van der Waals surface area contributed by atoms with E-state index in [1.807, 2.05) is 41.2 Å². The molecule has 1 aliphatic carbocycles. The van der Waals surface area contributed by atoms with E-state index in [1.54, 1.807) is 0 Å². The van der Waals surface area contributed by atoms with E-state index in [1.165, 1.54) is 5.56 Å². The summed E-state index contributed by atoms with van der Waals surface area (Å²) in [6.07, 6.45) is 6.38. The first-order valence-electron chi connectivity index (χ1n) is 10.6. The summed E-state index contributed by atoms with van der Waals surface area (Å²) in [5.41, 5.74) is 9.41. The Labute approximate surface area is 180 Å². The van der Waals surface area contributed by atoms with Crippen molar-refractivity contribution >= 4 is 22.6 Å². The predicted octanol–water partition coefficient (Wildman–Crippen LogP) is 3.10. The fraction of sp³-hybridized carbons (Fsp3) is 0.304. The Bertz CT molecular complexity index is 1190. The molecule has 0 bridgehead atoms. The molecule has 158 valence electrons. The van der Waals surface area contributed by atoms with Crippen molar-refractivity contribution in [1.29, 1.82) is 0 Å². The lowest BCUT2D eigenvalue weighted by Crippen LogP contribution is -2.40. The first-order valence-corrected chi connectivity index (χ1v) is 10.6. The Morgan fingerprint density at radius 1 is 1.16 bits per heavy atom. The number of amides is 1. The largest absolute Gasteiger partial charge is 0.368 e. The number of H-pyrrole nitrogens is 1. The van der Waals surface area contributed by atoms with Crippen LogP contribution < -0.4 is 10.6 Å². The standard InChI is InChI=1S/C23H25N7O/c24-22(31)15-30(18-8-4-5-9-18)23-19-12-17(10-11-20(19)25-27-23)21-14-29(28-26-21)13-16-6-2-1-3-7-16/h1-3,6-7,10-12,14,18H,4-5,8-9,13,15H2,(H2,24,31)(H,25,27). The maximum Gasteiger partial charge on any atom is 0.237 e. The number of anilines is 1. The highest BCUT2D eigenvalue weighted by molar-refractivity contribution is 5.94. The SMILES string of the molecule is NC(=O)CN(c1n[nH]c2ccc(-c3cn(Cc4ccccc4)nn3)cc12)C1CCCC1. The molecule has 1 fully saturated rings. The molecule has 0 spiro atoms. The average Bonchev–Trinajstić information content (AvgIpc) is 3.53. The van der Waals surface area contributed by atoms with Gasteiger partial charge in [-0.1, -0.05) is 54.5 Å². The number of rotatable bonds is 7. The summed E-state index contributed by atoms with van der Waals surface area (Å²) in [5.74, 6) is 0.433. The molecule has 3 N–H and O–H groups in total. The summed E-state index contributed by atoms with van der Waals surface area (Å²) in [6, 6.07) is 16.5. The van der Waals surface area contributed by atoms with Gasteiger partial charge in [-0.15, -0.1) is 5.10 Å². The van der Waals surface area contributed by atoms with Crippen molar-refractivity contribution in [2.45, 2.75) is 38.3 Å². The van der Waals surface area contributed by atoms with Crippen molar-refractivity contribution in [2.24, 2.45) is 5.73 Å². The molecule has 0 atom stereocenters. The van der Waals surface area contributed by atoms with Crippen LogP contribution >= 0.6 is 0 Å². The molecule has 4 aromatic rings. The maximum absolute atomic E-state index is 11.8. The smallest absolute Gasteiger partial charge is 0.237 e. The van der Waals surface area contributed by atoms with Gasteiger partial charge in [0.25, 0.3) is 0 Å². The molecule has 2 aromatic heterocycles. The van der Waals surface area contributed by atoms with Crippen LogP contribution in [0, 0.1) is 0 Å². The number of nitrogens with zero attached hydrogens (tertiary/aromatic N) is 5. The molecule has 0 aliphatic heterocycles. The number of carbonyl (C=O) groups excluding carboxylic acids is 1. The molecule has 0 unspecified atom stereocenters. The molecule has 31 heavy (non-hydrogen) atoms. The lowest BCUT2D eigenvalue weighted by molar-refractivity contribution is -0.116. The second-order valence-corrected chi connectivity index (χ2v) is 8.13. The molecule has 2 aromatic carbocycles. The number of fused-ring (bicyclic) bond motifs is 1. The van der Waals surface area contributed by atoms with Crippen molar-refractivity contribution < 1.29 is 4.79 Å². The second-order valence-electron chi connectivity index (χ2n) is 8.13. The van der Waals surface area contributed by atoms with E-state index in [-0.39, 0.29) is 18.5 Å². The zero-order valence-electron chi connectivity index (χ0n) is 17.2. The number of hydrogen-bond acceptors (Lipinski definition) is 5. The Balaban J connectivity index is 1.47. The predicted molar refractivity (Wildman–Crippen MR) is 119 cm³/mol. The summed E-state index contributed by atoms with van der Waals surface area (Å²) in [5, 5.41) is 17.3. The highest BCUT2D eigenvalue weighted by Gasteiger charge is 2.27. The van der Waals surface area contributed by atoms with Crippen LogP contribution in [0.4, 0.5) is 5.82 Å². The van der Waals surface area contributed by atoms with Gasteiger partial charge in [-0.05, 0) is 30.5 Å². The van der Waals surface area contributed by atoms with Crippen LogP contribution in [0.2, 0.25) is 0 Å². The Morgan fingerprint density at radius 3 is 2.74 bits per heavy atom. The monoisotopic (exact) mass is 415 g/mol. The summed E-state index contributed by atoms with van der Waals surface area (Å²) in [4.78, 5) is 13.8. The van der Waals surface area contributed by atoms with Gasteiger partial charge in [-0.3, -0.25) is 9.89 Å². The van der Waals surface area contributed by atoms with Crippen molar-refractivity contribution in [3.63, 3.8) is 0 Å². The third-order valence-corrected chi connectivity index (χ3v) is 5.93. The molecule has 5 rings (SSSR count).